The summed E-state index contributed by atoms with van der Waals surface area (Å²) in [4.78, 5) is 41.1. The molecule has 0 radical (unpaired) electrons. The zero-order valence-electron chi connectivity index (χ0n) is 69.8. The molecule has 3 atom stereocenters. The van der Waals surface area contributed by atoms with Gasteiger partial charge in [0.1, 0.15) is 0 Å². The first-order chi connectivity index (χ1) is 53.0. The molecule has 2 aliphatic heterocycles. The molecular formula is C88H144I4N2O16P2. The summed E-state index contributed by atoms with van der Waals surface area (Å²) >= 11 is 9.63. The van der Waals surface area contributed by atoms with Crippen molar-refractivity contribution in [3.8, 4) is 0 Å². The third-order valence-corrected chi connectivity index (χ3v) is 27.1. The first-order valence-electron chi connectivity index (χ1n) is 41.7. The molecule has 640 valence electrons. The van der Waals surface area contributed by atoms with Gasteiger partial charge in [-0.15, -0.1) is 0 Å². The molecule has 2 heterocycles. The number of hydrogen-bond donors (Lipinski definition) is 8. The molecule has 24 heteroatoms. The van der Waals surface area contributed by atoms with E-state index in [2.05, 4.69) is 195 Å². The van der Waals surface area contributed by atoms with Crippen LogP contribution in [-0.4, -0.2) is 117 Å². The van der Waals surface area contributed by atoms with Crippen molar-refractivity contribution in [2.24, 2.45) is 22.3 Å². The van der Waals surface area contributed by atoms with E-state index in [1.54, 1.807) is 0 Å². The van der Waals surface area contributed by atoms with Gasteiger partial charge in [0, 0.05) is 25.1 Å². The average molecular weight is 2060 g/mol. The van der Waals surface area contributed by atoms with Crippen molar-refractivity contribution in [3.05, 3.63) is 132 Å². The molecule has 2 aliphatic rings. The molecular weight excluding hydrogens is 1910 g/mol. The molecule has 4 aromatic rings. The van der Waals surface area contributed by atoms with Gasteiger partial charge in [0.25, 0.3) is 0 Å². The molecule has 2 saturated heterocycles. The number of rotatable bonds is 52. The molecule has 18 nitrogen and oxygen atoms in total. The monoisotopic (exact) mass is 2050 g/mol. The van der Waals surface area contributed by atoms with Crippen LogP contribution in [-0.2, 0) is 97.7 Å². The summed E-state index contributed by atoms with van der Waals surface area (Å²) in [6.07, 6.45) is 42.0. The minimum absolute atomic E-state index is 0.0198. The van der Waals surface area contributed by atoms with E-state index < -0.39 is 49.9 Å². The minimum Gasteiger partial charge on any atom is -0.465 e. The van der Waals surface area contributed by atoms with Gasteiger partial charge in [-0.1, -0.05) is 205 Å². The second-order valence-corrected chi connectivity index (χ2v) is 41.1. The van der Waals surface area contributed by atoms with Gasteiger partial charge in [0.15, 0.2) is 0 Å². The van der Waals surface area contributed by atoms with Crippen molar-refractivity contribution in [3.63, 3.8) is 0 Å². The normalized spacial score (nSPS) is 16.6. The van der Waals surface area contributed by atoms with Gasteiger partial charge in [-0.05, 0) is 303 Å². The highest BCUT2D eigenvalue weighted by Gasteiger charge is 2.46. The smallest absolute Gasteiger partial charge is 0.465 e. The molecule has 0 bridgehead atoms. The quantitative estimate of drug-likeness (QED) is 0.00882. The zero-order chi connectivity index (χ0) is 83.3. The number of nitrogens with two attached hydrogens (primary N) is 2. The van der Waals surface area contributed by atoms with Gasteiger partial charge >= 0.3 is 27.6 Å². The highest BCUT2D eigenvalue weighted by atomic mass is 127. The Morgan fingerprint density at radius 3 is 0.991 bits per heavy atom. The molecule has 0 saturated carbocycles. The van der Waals surface area contributed by atoms with Crippen LogP contribution in [0.15, 0.2) is 72.8 Å². The van der Waals surface area contributed by atoms with E-state index in [1.807, 2.05) is 41.5 Å². The Morgan fingerprint density at radius 1 is 0.420 bits per heavy atom. The van der Waals surface area contributed by atoms with Crippen LogP contribution in [0.3, 0.4) is 0 Å². The van der Waals surface area contributed by atoms with Crippen LogP contribution in [0.25, 0.3) is 0 Å². The van der Waals surface area contributed by atoms with Crippen LogP contribution in [0, 0.1) is 25.1 Å². The number of carbonyl (C=O) groups is 2. The van der Waals surface area contributed by atoms with Crippen LogP contribution in [0.2, 0.25) is 0 Å². The fourth-order valence-electron chi connectivity index (χ4n) is 13.3. The molecule has 6 rings (SSSR count). The van der Waals surface area contributed by atoms with Crippen molar-refractivity contribution in [2.75, 3.05) is 52.9 Å². The number of aliphatic hydroxyl groups excluding tert-OH is 4. The maximum Gasteiger partial charge on any atom is 0.475 e. The van der Waals surface area contributed by atoms with Gasteiger partial charge in [-0.3, -0.25) is 27.7 Å². The number of halogens is 4. The van der Waals surface area contributed by atoms with E-state index >= 15 is 0 Å². The molecule has 0 spiro atoms. The van der Waals surface area contributed by atoms with E-state index in [0.717, 1.165) is 56.9 Å². The highest BCUT2D eigenvalue weighted by Crippen LogP contribution is 2.57. The molecule has 10 N–H and O–H groups in total. The first kappa shape index (κ1) is 105. The van der Waals surface area contributed by atoms with Gasteiger partial charge in [0.05, 0.1) is 88.0 Å². The lowest BCUT2D eigenvalue weighted by Gasteiger charge is -2.33. The minimum atomic E-state index is -4.60. The number of aryl methyl sites for hydroxylation is 8. The van der Waals surface area contributed by atoms with E-state index in [4.69, 9.17) is 44.3 Å². The van der Waals surface area contributed by atoms with Crippen LogP contribution < -0.4 is 11.5 Å². The summed E-state index contributed by atoms with van der Waals surface area (Å²) in [6.45, 7) is 19.4. The predicted molar refractivity (Wildman–Crippen MR) is 490 cm³/mol. The Morgan fingerprint density at radius 2 is 0.714 bits per heavy atom. The third-order valence-electron chi connectivity index (χ3n) is 20.6. The van der Waals surface area contributed by atoms with E-state index in [1.165, 1.54) is 207 Å². The summed E-state index contributed by atoms with van der Waals surface area (Å²) in [5, 5.41) is 37.6. The molecule has 0 aliphatic carbocycles. The van der Waals surface area contributed by atoms with Gasteiger partial charge in [0.2, 0.25) is 0 Å². The molecule has 112 heavy (non-hydrogen) atoms. The standard InChI is InChI=1S/C29H48IO6P.C21H31IO3.C19H33INO5P.C19H32INO2/c1-8-9-10-11-12-13-14-24-16-15-23(19-25(24)30)17-18-29(20-26(31)33-21-29)22-34-37(32,35-27(2,3)4)36-28(5,6)7;1-2-3-4-5-6-7-8-18-10-9-17(13-19(18)22)11-12-21(15-23)14-20(24)25-16-21;1-2-3-4-5-6-7-8-17-10-9-16(13-18(17)20)11-12-19(21,14-22)15-26-27(23,24)25;1-2-3-4-5-6-7-8-17-10-9-16(13-18(17)20)11-12-19(21,14-22)15-23/h15-16,19H,8-14,17-18,20-22H2,1-7H3;9-10,13,23H,2-8,11-12,14-16H2,1H3;9-10,13,22H,2-8,11-12,14-15,21H2,1H3,(H2,23,24,25);9-10,13,22-23H,2-8,11-12,14-15,21H2,1H3/t;;19-;/m..0./s1. The summed E-state index contributed by atoms with van der Waals surface area (Å²) < 4.78 is 61.9. The Balaban J connectivity index is 0.000000394. The topological polar surface area (TPSA) is 297 Å². The van der Waals surface area contributed by atoms with Crippen LogP contribution in [0.1, 0.15) is 306 Å². The molecule has 2 fully saturated rings. The number of ether oxygens (including phenoxy) is 2. The SMILES string of the molecule is CCCCCCCCc1ccc(CCC(N)(CO)CO)cc1I.CCCCCCCCc1ccc(CCC2(CO)COC(=O)C2)cc1I.CCCCCCCCc1ccc(CCC2(COP(=O)(OC(C)(C)C)OC(C)(C)C)COC(=O)C2)cc1I.CCCCCCCCc1ccc(CC[C@](N)(CO)COP(=O)(O)O)cc1I. The molecule has 2 unspecified atom stereocenters. The Bertz CT molecular complexity index is 3380. The highest BCUT2D eigenvalue weighted by molar-refractivity contribution is 14.1. The third kappa shape index (κ3) is 45.4. The molecule has 4 aromatic carbocycles. The zero-order valence-corrected chi connectivity index (χ0v) is 80.2. The Hall–Kier alpha value is -1.28. The van der Waals surface area contributed by atoms with Crippen LogP contribution >= 0.6 is 106 Å². The van der Waals surface area contributed by atoms with Crippen LogP contribution in [0.4, 0.5) is 0 Å². The summed E-state index contributed by atoms with van der Waals surface area (Å²) in [5.41, 5.74) is 17.9. The number of carbonyl (C=O) groups excluding carboxylic acids is 2. The maximum absolute atomic E-state index is 13.5. The lowest BCUT2D eigenvalue weighted by molar-refractivity contribution is -0.138. The van der Waals surface area contributed by atoms with Crippen molar-refractivity contribution in [2.45, 2.75) is 336 Å². The van der Waals surface area contributed by atoms with Crippen molar-refractivity contribution in [1.29, 1.82) is 0 Å². The summed E-state index contributed by atoms with van der Waals surface area (Å²) in [6, 6.07) is 26.3. The fraction of sp³-hybridized carbons (Fsp3) is 0.705. The van der Waals surface area contributed by atoms with E-state index in [0.29, 0.717) is 38.7 Å². The fourth-order valence-corrected chi connectivity index (χ4v) is 19.1. The number of aliphatic hydroxyl groups is 4. The van der Waals surface area contributed by atoms with Gasteiger partial charge in [-0.2, -0.15) is 0 Å². The average Bonchev–Trinajstić information content (AvgIpc) is 1.68. The largest absolute Gasteiger partial charge is 0.475 e. The lowest BCUT2D eigenvalue weighted by atomic mass is 9.82. The first-order valence-corrected chi connectivity index (χ1v) is 49.0. The number of cyclic esters (lactones) is 2. The molecule has 0 aromatic heterocycles. The van der Waals surface area contributed by atoms with Gasteiger partial charge in [-0.25, -0.2) is 9.13 Å². The Kier molecular flexibility index (Phi) is 52.1. The van der Waals surface area contributed by atoms with Gasteiger partial charge < -0.3 is 51.2 Å². The Labute approximate surface area is 730 Å². The van der Waals surface area contributed by atoms with Crippen LogP contribution in [0.5, 0.6) is 0 Å². The number of benzene rings is 4. The summed E-state index contributed by atoms with van der Waals surface area (Å²) in [5.74, 6) is -0.436. The van der Waals surface area contributed by atoms with Crippen molar-refractivity contribution < 1.29 is 76.5 Å². The van der Waals surface area contributed by atoms with E-state index in [-0.39, 0.29) is 63.4 Å². The second kappa shape index (κ2) is 55.6. The maximum atomic E-state index is 13.5. The number of hydrogen-bond acceptors (Lipinski definition) is 16. The predicted octanol–water partition coefficient (Wildman–Crippen LogP) is 21.6. The van der Waals surface area contributed by atoms with Crippen molar-refractivity contribution >= 4 is 118 Å². The number of esters is 2. The van der Waals surface area contributed by atoms with Crippen molar-refractivity contribution in [1.82, 2.24) is 0 Å². The molecule has 0 amide bonds. The van der Waals surface area contributed by atoms with E-state index in [9.17, 15) is 39.1 Å². The number of unbranched alkanes of at least 4 members (excludes halogenated alkanes) is 20. The second-order valence-electron chi connectivity index (χ2n) is 33.7. The summed E-state index contributed by atoms with van der Waals surface area (Å²) in [7, 11) is -8.47. The number of phosphoric ester groups is 2. The number of phosphoric acid groups is 2. The lowest BCUT2D eigenvalue weighted by Crippen LogP contribution is -2.48.